The van der Waals surface area contributed by atoms with E-state index < -0.39 is 0 Å². The van der Waals surface area contributed by atoms with Gasteiger partial charge in [0.25, 0.3) is 0 Å². The number of allylic oxidation sites excluding steroid dienone is 1. The summed E-state index contributed by atoms with van der Waals surface area (Å²) in [6, 6.07) is 0. The molecule has 0 aliphatic heterocycles. The predicted octanol–water partition coefficient (Wildman–Crippen LogP) is 5.20. The third-order valence-electron chi connectivity index (χ3n) is 5.39. The fourth-order valence-corrected chi connectivity index (χ4v) is 4.00. The average molecular weight is 220 g/mol. The fourth-order valence-electron chi connectivity index (χ4n) is 4.00. The lowest BCUT2D eigenvalue weighted by Gasteiger charge is -2.51. The van der Waals surface area contributed by atoms with Gasteiger partial charge in [0.15, 0.2) is 0 Å². The Labute approximate surface area is 102 Å². The van der Waals surface area contributed by atoms with Crippen molar-refractivity contribution >= 4 is 0 Å². The van der Waals surface area contributed by atoms with Crippen LogP contribution in [0, 0.1) is 22.7 Å². The maximum absolute atomic E-state index is 4.36. The van der Waals surface area contributed by atoms with E-state index in [1.54, 1.807) is 5.57 Å². The molecule has 2 saturated carbocycles. The van der Waals surface area contributed by atoms with E-state index in [4.69, 9.17) is 0 Å². The van der Waals surface area contributed by atoms with Crippen LogP contribution in [0.4, 0.5) is 0 Å². The SMILES string of the molecule is C=C1CCC[C@]2(C)CC[C@@H](C(C)(C)C)CC12. The molecule has 0 aromatic heterocycles. The lowest BCUT2D eigenvalue weighted by atomic mass is 9.54. The normalized spacial score (nSPS) is 40.6. The van der Waals surface area contributed by atoms with Crippen LogP contribution in [0.3, 0.4) is 0 Å². The zero-order valence-electron chi connectivity index (χ0n) is 11.6. The van der Waals surface area contributed by atoms with Gasteiger partial charge >= 0.3 is 0 Å². The van der Waals surface area contributed by atoms with Crippen molar-refractivity contribution in [1.29, 1.82) is 0 Å². The lowest BCUT2D eigenvalue weighted by molar-refractivity contribution is 0.0332. The molecule has 92 valence electrons. The van der Waals surface area contributed by atoms with E-state index in [0.717, 1.165) is 11.8 Å². The summed E-state index contributed by atoms with van der Waals surface area (Å²) in [5.74, 6) is 1.72. The first kappa shape index (κ1) is 12.2. The summed E-state index contributed by atoms with van der Waals surface area (Å²) in [6.45, 7) is 14.1. The standard InChI is InChI=1S/C16H28/c1-12-7-6-9-16(5)10-8-13(11-14(12)16)15(2,3)4/h13-14H,1,6-11H2,2-5H3/t13-,14?,16-/m1/s1. The molecule has 2 aliphatic carbocycles. The maximum Gasteiger partial charge on any atom is -0.0149 e. The first-order valence-electron chi connectivity index (χ1n) is 7.00. The van der Waals surface area contributed by atoms with Gasteiger partial charge in [-0.1, -0.05) is 39.8 Å². The van der Waals surface area contributed by atoms with Crippen molar-refractivity contribution in [3.05, 3.63) is 12.2 Å². The van der Waals surface area contributed by atoms with Crippen molar-refractivity contribution in [3.8, 4) is 0 Å². The molecule has 0 aromatic carbocycles. The van der Waals surface area contributed by atoms with Crippen molar-refractivity contribution < 1.29 is 0 Å². The lowest BCUT2D eigenvalue weighted by Crippen LogP contribution is -2.40. The molecule has 2 fully saturated rings. The van der Waals surface area contributed by atoms with Crippen LogP contribution in [0.1, 0.15) is 66.2 Å². The summed E-state index contributed by atoms with van der Waals surface area (Å²) in [5, 5.41) is 0. The van der Waals surface area contributed by atoms with E-state index in [-0.39, 0.29) is 0 Å². The van der Waals surface area contributed by atoms with Crippen LogP contribution >= 0.6 is 0 Å². The van der Waals surface area contributed by atoms with Gasteiger partial charge in [0, 0.05) is 0 Å². The second-order valence-corrected chi connectivity index (χ2v) is 7.56. The Balaban J connectivity index is 2.15. The zero-order valence-corrected chi connectivity index (χ0v) is 11.6. The summed E-state index contributed by atoms with van der Waals surface area (Å²) in [5.41, 5.74) is 2.64. The van der Waals surface area contributed by atoms with Gasteiger partial charge in [-0.15, -0.1) is 0 Å². The van der Waals surface area contributed by atoms with E-state index in [9.17, 15) is 0 Å². The Morgan fingerprint density at radius 1 is 1.25 bits per heavy atom. The van der Waals surface area contributed by atoms with E-state index in [0.29, 0.717) is 10.8 Å². The summed E-state index contributed by atoms with van der Waals surface area (Å²) in [6.07, 6.45) is 8.37. The molecule has 0 saturated heterocycles. The van der Waals surface area contributed by atoms with Crippen LogP contribution in [0.5, 0.6) is 0 Å². The maximum atomic E-state index is 4.36. The first-order valence-corrected chi connectivity index (χ1v) is 7.00. The molecule has 0 heterocycles. The summed E-state index contributed by atoms with van der Waals surface area (Å²) in [4.78, 5) is 0. The molecule has 2 rings (SSSR count). The van der Waals surface area contributed by atoms with Crippen LogP contribution in [-0.2, 0) is 0 Å². The largest absolute Gasteiger partial charge is 0.0996 e. The van der Waals surface area contributed by atoms with E-state index in [1.807, 2.05) is 0 Å². The molecule has 16 heavy (non-hydrogen) atoms. The van der Waals surface area contributed by atoms with Crippen molar-refractivity contribution in [2.24, 2.45) is 22.7 Å². The molecule has 0 heteroatoms. The predicted molar refractivity (Wildman–Crippen MR) is 71.4 cm³/mol. The van der Waals surface area contributed by atoms with Crippen LogP contribution < -0.4 is 0 Å². The molecule has 0 nitrogen and oxygen atoms in total. The molecule has 0 radical (unpaired) electrons. The third kappa shape index (κ3) is 2.08. The molecule has 0 aromatic rings. The number of hydrogen-bond acceptors (Lipinski definition) is 0. The van der Waals surface area contributed by atoms with Gasteiger partial charge in [-0.25, -0.2) is 0 Å². The molecule has 0 bridgehead atoms. The second kappa shape index (κ2) is 3.89. The van der Waals surface area contributed by atoms with Crippen LogP contribution in [0.25, 0.3) is 0 Å². The van der Waals surface area contributed by atoms with Crippen LogP contribution in [0.15, 0.2) is 12.2 Å². The molecular weight excluding hydrogens is 192 g/mol. The molecule has 2 aliphatic rings. The van der Waals surface area contributed by atoms with Gasteiger partial charge in [-0.2, -0.15) is 0 Å². The Morgan fingerprint density at radius 2 is 1.94 bits per heavy atom. The van der Waals surface area contributed by atoms with Gasteiger partial charge in [0.1, 0.15) is 0 Å². The molecule has 1 unspecified atom stereocenters. The van der Waals surface area contributed by atoms with Gasteiger partial charge in [0.05, 0.1) is 0 Å². The minimum Gasteiger partial charge on any atom is -0.0996 e. The Bertz CT molecular complexity index is 281. The highest BCUT2D eigenvalue weighted by molar-refractivity contribution is 5.12. The molecule has 0 N–H and O–H groups in total. The zero-order chi connectivity index (χ0) is 12.0. The Kier molecular flexibility index (Phi) is 2.97. The van der Waals surface area contributed by atoms with Gasteiger partial charge in [-0.3, -0.25) is 0 Å². The van der Waals surface area contributed by atoms with E-state index in [2.05, 4.69) is 34.3 Å². The highest BCUT2D eigenvalue weighted by atomic mass is 14.5. The van der Waals surface area contributed by atoms with Gasteiger partial charge < -0.3 is 0 Å². The molecule has 3 atom stereocenters. The molecular formula is C16H28. The van der Waals surface area contributed by atoms with Gasteiger partial charge in [0.2, 0.25) is 0 Å². The fraction of sp³-hybridized carbons (Fsp3) is 0.875. The van der Waals surface area contributed by atoms with Crippen LogP contribution in [0.2, 0.25) is 0 Å². The average Bonchev–Trinajstić information content (AvgIpc) is 2.15. The third-order valence-corrected chi connectivity index (χ3v) is 5.39. The van der Waals surface area contributed by atoms with Crippen molar-refractivity contribution in [2.45, 2.75) is 66.2 Å². The topological polar surface area (TPSA) is 0 Å². The quantitative estimate of drug-likeness (QED) is 0.492. The smallest absolute Gasteiger partial charge is 0.0149 e. The Hall–Kier alpha value is -0.260. The highest BCUT2D eigenvalue weighted by Gasteiger charge is 2.45. The first-order chi connectivity index (χ1) is 7.33. The van der Waals surface area contributed by atoms with Crippen molar-refractivity contribution in [3.63, 3.8) is 0 Å². The summed E-state index contributed by atoms with van der Waals surface area (Å²) >= 11 is 0. The van der Waals surface area contributed by atoms with Gasteiger partial charge in [-0.05, 0) is 61.2 Å². The van der Waals surface area contributed by atoms with E-state index in [1.165, 1.54) is 38.5 Å². The van der Waals surface area contributed by atoms with E-state index >= 15 is 0 Å². The number of rotatable bonds is 0. The van der Waals surface area contributed by atoms with Crippen LogP contribution in [-0.4, -0.2) is 0 Å². The molecule has 0 amide bonds. The minimum atomic E-state index is 0.485. The Morgan fingerprint density at radius 3 is 2.56 bits per heavy atom. The number of hydrogen-bond donors (Lipinski definition) is 0. The van der Waals surface area contributed by atoms with Crippen molar-refractivity contribution in [2.75, 3.05) is 0 Å². The monoisotopic (exact) mass is 220 g/mol. The molecule has 0 spiro atoms. The van der Waals surface area contributed by atoms with Crippen molar-refractivity contribution in [1.82, 2.24) is 0 Å². The number of fused-ring (bicyclic) bond motifs is 1. The summed E-state index contributed by atoms with van der Waals surface area (Å²) < 4.78 is 0. The summed E-state index contributed by atoms with van der Waals surface area (Å²) in [7, 11) is 0. The highest BCUT2D eigenvalue weighted by Crippen LogP contribution is 2.55. The second-order valence-electron chi connectivity index (χ2n) is 7.56. The minimum absolute atomic E-state index is 0.485.